The van der Waals surface area contributed by atoms with Crippen molar-refractivity contribution in [1.29, 1.82) is 0 Å². The number of rotatable bonds is 6. The summed E-state index contributed by atoms with van der Waals surface area (Å²) >= 11 is 12.3. The van der Waals surface area contributed by atoms with Crippen LogP contribution in [0.2, 0.25) is 10.0 Å². The minimum Gasteiger partial charge on any atom is -0.484 e. The van der Waals surface area contributed by atoms with E-state index in [-0.39, 0.29) is 18.6 Å². The molecule has 2 rings (SSSR count). The van der Waals surface area contributed by atoms with Crippen LogP contribution < -0.4 is 15.4 Å². The Morgan fingerprint density at radius 2 is 1.76 bits per heavy atom. The fourth-order valence-electron chi connectivity index (χ4n) is 2.29. The van der Waals surface area contributed by atoms with Gasteiger partial charge in [0.25, 0.3) is 11.8 Å². The van der Waals surface area contributed by atoms with Gasteiger partial charge in [0.1, 0.15) is 5.75 Å². The van der Waals surface area contributed by atoms with E-state index in [4.69, 9.17) is 33.7 Å². The van der Waals surface area contributed by atoms with Crippen LogP contribution in [0.1, 0.15) is 24.2 Å². The van der Waals surface area contributed by atoms with Crippen LogP contribution in [-0.4, -0.2) is 24.5 Å². The van der Waals surface area contributed by atoms with Crippen LogP contribution in [-0.2, 0) is 4.79 Å². The van der Waals surface area contributed by atoms with Crippen molar-refractivity contribution in [3.05, 3.63) is 58.1 Å². The lowest BCUT2D eigenvalue weighted by atomic mass is 10.1. The summed E-state index contributed by atoms with van der Waals surface area (Å²) in [6.45, 7) is 3.56. The van der Waals surface area contributed by atoms with Crippen molar-refractivity contribution in [3.63, 3.8) is 0 Å². The fraction of sp³-hybridized carbons (Fsp3) is 0.222. The molecule has 0 heterocycles. The highest BCUT2D eigenvalue weighted by Gasteiger charge is 2.23. The molecular formula is C18H18Cl2N2O3. The number of carbonyl (C=O) groups is 2. The summed E-state index contributed by atoms with van der Waals surface area (Å²) in [5, 5.41) is 0.709. The Bertz CT molecular complexity index is 776. The largest absolute Gasteiger partial charge is 0.484 e. The number of benzene rings is 2. The molecule has 2 aromatic carbocycles. The van der Waals surface area contributed by atoms with Gasteiger partial charge in [-0.25, -0.2) is 0 Å². The SMILES string of the molecule is CC(C)N(C(=O)c1ccc(OCC(N)=O)cc1)c1cccc(Cl)c1Cl. The summed E-state index contributed by atoms with van der Waals surface area (Å²) in [7, 11) is 0. The van der Waals surface area contributed by atoms with Crippen LogP contribution in [0.3, 0.4) is 0 Å². The minimum absolute atomic E-state index is 0.130. The Morgan fingerprint density at radius 1 is 1.12 bits per heavy atom. The molecule has 0 aliphatic rings. The molecule has 0 saturated carbocycles. The van der Waals surface area contributed by atoms with Crippen molar-refractivity contribution < 1.29 is 14.3 Å². The van der Waals surface area contributed by atoms with Gasteiger partial charge in [-0.05, 0) is 50.2 Å². The molecule has 132 valence electrons. The zero-order valence-electron chi connectivity index (χ0n) is 13.8. The first-order valence-corrected chi connectivity index (χ1v) is 8.35. The third kappa shape index (κ3) is 4.65. The molecule has 2 aromatic rings. The lowest BCUT2D eigenvalue weighted by Gasteiger charge is -2.28. The molecule has 0 saturated heterocycles. The number of amides is 2. The number of hydrogen-bond acceptors (Lipinski definition) is 3. The second kappa shape index (κ2) is 8.23. The molecule has 0 bridgehead atoms. The van der Waals surface area contributed by atoms with E-state index < -0.39 is 5.91 Å². The summed E-state index contributed by atoms with van der Waals surface area (Å²) in [6.07, 6.45) is 0. The molecule has 0 aliphatic carbocycles. The highest BCUT2D eigenvalue weighted by atomic mass is 35.5. The lowest BCUT2D eigenvalue weighted by Crippen LogP contribution is -2.37. The number of primary amides is 1. The molecular weight excluding hydrogens is 363 g/mol. The Labute approximate surface area is 156 Å². The van der Waals surface area contributed by atoms with Gasteiger partial charge >= 0.3 is 0 Å². The Hall–Kier alpha value is -2.24. The first-order valence-electron chi connectivity index (χ1n) is 7.60. The van der Waals surface area contributed by atoms with Gasteiger partial charge in [0.05, 0.1) is 15.7 Å². The third-order valence-electron chi connectivity index (χ3n) is 3.41. The molecule has 7 heteroatoms. The van der Waals surface area contributed by atoms with Crippen LogP contribution in [0, 0.1) is 0 Å². The highest BCUT2D eigenvalue weighted by molar-refractivity contribution is 6.44. The van der Waals surface area contributed by atoms with Crippen LogP contribution in [0.15, 0.2) is 42.5 Å². The molecule has 0 radical (unpaired) electrons. The first-order chi connectivity index (χ1) is 11.8. The first kappa shape index (κ1) is 19.1. The van der Waals surface area contributed by atoms with Crippen molar-refractivity contribution >= 4 is 40.7 Å². The molecule has 0 spiro atoms. The van der Waals surface area contributed by atoms with Gasteiger partial charge in [-0.1, -0.05) is 29.3 Å². The summed E-state index contributed by atoms with van der Waals surface area (Å²) in [6, 6.07) is 11.5. The minimum atomic E-state index is -0.568. The van der Waals surface area contributed by atoms with E-state index in [1.807, 2.05) is 13.8 Å². The molecule has 5 nitrogen and oxygen atoms in total. The van der Waals surface area contributed by atoms with Crippen molar-refractivity contribution in [1.82, 2.24) is 0 Å². The normalized spacial score (nSPS) is 10.6. The zero-order chi connectivity index (χ0) is 18.6. The summed E-state index contributed by atoms with van der Waals surface area (Å²) in [5.74, 6) is -0.338. The van der Waals surface area contributed by atoms with Gasteiger partial charge in [-0.3, -0.25) is 9.59 Å². The third-order valence-corrected chi connectivity index (χ3v) is 4.22. The smallest absolute Gasteiger partial charge is 0.258 e. The predicted molar refractivity (Wildman–Crippen MR) is 99.5 cm³/mol. The number of halogens is 2. The molecule has 0 unspecified atom stereocenters. The lowest BCUT2D eigenvalue weighted by molar-refractivity contribution is -0.119. The summed E-state index contributed by atoms with van der Waals surface area (Å²) in [5.41, 5.74) is 6.03. The maximum atomic E-state index is 12.9. The molecule has 0 atom stereocenters. The van der Waals surface area contributed by atoms with E-state index in [0.717, 1.165) is 0 Å². The standard InChI is InChI=1S/C18H18Cl2N2O3/c1-11(2)22(15-5-3-4-14(19)17(15)20)18(24)12-6-8-13(9-7-12)25-10-16(21)23/h3-9,11H,10H2,1-2H3,(H2,21,23). The number of ether oxygens (including phenoxy) is 1. The average molecular weight is 381 g/mol. The van der Waals surface area contributed by atoms with E-state index in [0.29, 0.717) is 27.0 Å². The molecule has 2 N–H and O–H groups in total. The molecule has 2 amide bonds. The monoisotopic (exact) mass is 380 g/mol. The Balaban J connectivity index is 2.29. The molecule has 0 fully saturated rings. The van der Waals surface area contributed by atoms with Gasteiger partial charge in [-0.15, -0.1) is 0 Å². The van der Waals surface area contributed by atoms with Crippen LogP contribution in [0.4, 0.5) is 5.69 Å². The summed E-state index contributed by atoms with van der Waals surface area (Å²) < 4.78 is 5.19. The number of hydrogen-bond donors (Lipinski definition) is 1. The Kier molecular flexibility index (Phi) is 6.28. The zero-order valence-corrected chi connectivity index (χ0v) is 15.3. The van der Waals surface area contributed by atoms with E-state index in [2.05, 4.69) is 0 Å². The second-order valence-corrected chi connectivity index (χ2v) is 6.41. The summed E-state index contributed by atoms with van der Waals surface area (Å²) in [4.78, 5) is 25.3. The van der Waals surface area contributed by atoms with Gasteiger partial charge in [-0.2, -0.15) is 0 Å². The van der Waals surface area contributed by atoms with Gasteiger partial charge in [0.2, 0.25) is 0 Å². The molecule has 0 aromatic heterocycles. The average Bonchev–Trinajstić information content (AvgIpc) is 2.57. The van der Waals surface area contributed by atoms with Gasteiger partial charge in [0.15, 0.2) is 6.61 Å². The van der Waals surface area contributed by atoms with E-state index >= 15 is 0 Å². The van der Waals surface area contributed by atoms with Crippen molar-refractivity contribution in [2.24, 2.45) is 5.73 Å². The second-order valence-electron chi connectivity index (χ2n) is 5.62. The van der Waals surface area contributed by atoms with Crippen LogP contribution in [0.25, 0.3) is 0 Å². The maximum Gasteiger partial charge on any atom is 0.258 e. The number of carbonyl (C=O) groups excluding carboxylic acids is 2. The topological polar surface area (TPSA) is 72.6 Å². The molecule has 0 aliphatic heterocycles. The van der Waals surface area contributed by atoms with Gasteiger partial charge < -0.3 is 15.4 Å². The Morgan fingerprint density at radius 3 is 2.32 bits per heavy atom. The predicted octanol–water partition coefficient (Wildman–Crippen LogP) is 3.91. The van der Waals surface area contributed by atoms with Crippen LogP contribution >= 0.6 is 23.2 Å². The van der Waals surface area contributed by atoms with E-state index in [9.17, 15) is 9.59 Å². The highest BCUT2D eigenvalue weighted by Crippen LogP contribution is 2.34. The number of nitrogens with zero attached hydrogens (tertiary/aromatic N) is 1. The maximum absolute atomic E-state index is 12.9. The quantitative estimate of drug-likeness (QED) is 0.825. The number of nitrogens with two attached hydrogens (primary N) is 1. The molecule has 25 heavy (non-hydrogen) atoms. The van der Waals surface area contributed by atoms with Crippen molar-refractivity contribution in [2.45, 2.75) is 19.9 Å². The van der Waals surface area contributed by atoms with E-state index in [1.54, 1.807) is 47.4 Å². The fourth-order valence-corrected chi connectivity index (χ4v) is 2.67. The number of anilines is 1. The van der Waals surface area contributed by atoms with Crippen molar-refractivity contribution in [3.8, 4) is 5.75 Å². The van der Waals surface area contributed by atoms with Crippen molar-refractivity contribution in [2.75, 3.05) is 11.5 Å². The van der Waals surface area contributed by atoms with Gasteiger partial charge in [0, 0.05) is 11.6 Å². The van der Waals surface area contributed by atoms with Crippen LogP contribution in [0.5, 0.6) is 5.75 Å². The van der Waals surface area contributed by atoms with E-state index in [1.165, 1.54) is 0 Å².